The molecule has 0 amide bonds. The van der Waals surface area contributed by atoms with E-state index in [1.165, 1.54) is 0 Å². The first kappa shape index (κ1) is 14.6. The fraction of sp³-hybridized carbons (Fsp3) is 0.583. The van der Waals surface area contributed by atoms with Gasteiger partial charge >= 0.3 is 0 Å². The molecule has 96 valence electrons. The largest absolute Gasteiger partial charge is 0.379 e. The van der Waals surface area contributed by atoms with E-state index in [1.54, 1.807) is 13.3 Å². The van der Waals surface area contributed by atoms with Crippen LogP contribution in [-0.4, -0.2) is 17.7 Å². The number of pyridine rings is 1. The molecule has 0 aliphatic heterocycles. The van der Waals surface area contributed by atoms with E-state index < -0.39 is 0 Å². The van der Waals surface area contributed by atoms with Crippen molar-refractivity contribution in [1.82, 2.24) is 10.4 Å². The minimum atomic E-state index is -0.134. The lowest BCUT2D eigenvalue weighted by molar-refractivity contribution is 0.0116. The predicted molar refractivity (Wildman–Crippen MR) is 72.3 cm³/mol. The Morgan fingerprint density at radius 2 is 2.24 bits per heavy atom. The lowest BCUT2D eigenvalue weighted by Gasteiger charge is -2.25. The summed E-state index contributed by atoms with van der Waals surface area (Å²) >= 11 is 3.36. The molecular weight excluding hydrogens is 282 g/mol. The maximum Gasteiger partial charge on any atom is 0.0633 e. The topological polar surface area (TPSA) is 60.2 Å². The highest BCUT2D eigenvalue weighted by Gasteiger charge is 2.20. The molecule has 1 aromatic heterocycles. The van der Waals surface area contributed by atoms with Crippen LogP contribution in [-0.2, 0) is 4.74 Å². The van der Waals surface area contributed by atoms with Crippen LogP contribution in [0.25, 0.3) is 0 Å². The van der Waals surface area contributed by atoms with Crippen molar-refractivity contribution in [3.05, 3.63) is 28.5 Å². The molecule has 4 nitrogen and oxygen atoms in total. The second-order valence-electron chi connectivity index (χ2n) is 4.62. The van der Waals surface area contributed by atoms with Gasteiger partial charge in [-0.15, -0.1) is 0 Å². The number of halogens is 1. The zero-order valence-corrected chi connectivity index (χ0v) is 12.1. The van der Waals surface area contributed by atoms with E-state index in [2.05, 4.69) is 40.2 Å². The maximum absolute atomic E-state index is 5.57. The summed E-state index contributed by atoms with van der Waals surface area (Å²) in [5.41, 5.74) is 3.61. The Morgan fingerprint density at radius 1 is 1.53 bits per heavy atom. The Balaban J connectivity index is 2.63. The van der Waals surface area contributed by atoms with E-state index in [0.717, 1.165) is 23.0 Å². The molecule has 5 heteroatoms. The summed E-state index contributed by atoms with van der Waals surface area (Å²) in [6.07, 6.45) is 3.57. The molecule has 3 N–H and O–H groups in total. The van der Waals surface area contributed by atoms with Crippen LogP contribution in [0, 0.1) is 0 Å². The quantitative estimate of drug-likeness (QED) is 0.626. The van der Waals surface area contributed by atoms with Crippen molar-refractivity contribution in [3.8, 4) is 0 Å². The number of hydrogen-bond acceptors (Lipinski definition) is 4. The number of aromatic nitrogens is 1. The van der Waals surface area contributed by atoms with Crippen LogP contribution in [0.2, 0.25) is 0 Å². The molecule has 1 aromatic rings. The van der Waals surface area contributed by atoms with Gasteiger partial charge in [0.05, 0.1) is 17.3 Å². The third-order valence-electron chi connectivity index (χ3n) is 2.90. The highest BCUT2D eigenvalue weighted by molar-refractivity contribution is 9.10. The van der Waals surface area contributed by atoms with Crippen molar-refractivity contribution in [2.45, 2.75) is 38.3 Å². The van der Waals surface area contributed by atoms with Crippen LogP contribution < -0.4 is 11.3 Å². The first-order chi connectivity index (χ1) is 7.98. The number of rotatable bonds is 6. The summed E-state index contributed by atoms with van der Waals surface area (Å²) < 4.78 is 6.36. The Kier molecular flexibility index (Phi) is 5.52. The van der Waals surface area contributed by atoms with Gasteiger partial charge in [-0.1, -0.05) is 0 Å². The van der Waals surface area contributed by atoms with Gasteiger partial charge in [0.2, 0.25) is 0 Å². The zero-order chi connectivity index (χ0) is 12.9. The minimum absolute atomic E-state index is 0.0533. The average molecular weight is 302 g/mol. The number of hydrogen-bond donors (Lipinski definition) is 2. The number of nitrogens with one attached hydrogen (secondary N) is 1. The van der Waals surface area contributed by atoms with Crippen molar-refractivity contribution in [2.75, 3.05) is 7.11 Å². The first-order valence-electron chi connectivity index (χ1n) is 5.61. The molecule has 0 saturated heterocycles. The fourth-order valence-electron chi connectivity index (χ4n) is 1.50. The Morgan fingerprint density at radius 3 is 2.71 bits per heavy atom. The van der Waals surface area contributed by atoms with Gasteiger partial charge in [-0.05, 0) is 54.8 Å². The fourth-order valence-corrected chi connectivity index (χ4v) is 1.74. The van der Waals surface area contributed by atoms with E-state index in [9.17, 15) is 0 Å². The van der Waals surface area contributed by atoms with Crippen molar-refractivity contribution in [1.29, 1.82) is 0 Å². The Hall–Kier alpha value is -0.490. The Labute approximate surface area is 111 Å². The van der Waals surface area contributed by atoms with Crippen molar-refractivity contribution in [2.24, 2.45) is 5.84 Å². The van der Waals surface area contributed by atoms with Crippen LogP contribution in [0.5, 0.6) is 0 Å². The summed E-state index contributed by atoms with van der Waals surface area (Å²) in [6.45, 7) is 4.13. The van der Waals surface area contributed by atoms with E-state index in [1.807, 2.05) is 12.1 Å². The average Bonchev–Trinajstić information content (AvgIpc) is 2.32. The van der Waals surface area contributed by atoms with Crippen LogP contribution in [0.4, 0.5) is 0 Å². The summed E-state index contributed by atoms with van der Waals surface area (Å²) in [7, 11) is 1.72. The van der Waals surface area contributed by atoms with Gasteiger partial charge in [-0.3, -0.25) is 16.3 Å². The van der Waals surface area contributed by atoms with Crippen LogP contribution in [0.3, 0.4) is 0 Å². The molecular formula is C12H20BrN3O. The van der Waals surface area contributed by atoms with Gasteiger partial charge in [-0.25, -0.2) is 0 Å². The normalized spacial score (nSPS) is 13.7. The smallest absolute Gasteiger partial charge is 0.0633 e. The number of methoxy groups -OCH3 is 1. The number of nitrogens with zero attached hydrogens (tertiary/aromatic N) is 1. The highest BCUT2D eigenvalue weighted by atomic mass is 79.9. The van der Waals surface area contributed by atoms with Crippen molar-refractivity contribution >= 4 is 15.9 Å². The zero-order valence-electron chi connectivity index (χ0n) is 10.5. The second kappa shape index (κ2) is 6.44. The van der Waals surface area contributed by atoms with Crippen molar-refractivity contribution < 1.29 is 4.74 Å². The number of nitrogens with two attached hydrogens (primary N) is 1. The molecule has 0 radical (unpaired) electrons. The monoisotopic (exact) mass is 301 g/mol. The van der Waals surface area contributed by atoms with Crippen LogP contribution >= 0.6 is 15.9 Å². The maximum atomic E-state index is 5.57. The molecule has 0 spiro atoms. The third kappa shape index (κ3) is 4.71. The summed E-state index contributed by atoms with van der Waals surface area (Å²) in [5.74, 6) is 5.57. The number of hydrazine groups is 1. The van der Waals surface area contributed by atoms with Crippen molar-refractivity contribution in [3.63, 3.8) is 0 Å². The van der Waals surface area contributed by atoms with E-state index in [4.69, 9.17) is 10.6 Å². The van der Waals surface area contributed by atoms with Gasteiger partial charge in [0.25, 0.3) is 0 Å². The Bertz CT molecular complexity index is 340. The SMILES string of the molecule is COC(C)(C)CCC(NN)c1ccc(Br)cn1. The molecule has 17 heavy (non-hydrogen) atoms. The van der Waals surface area contributed by atoms with Gasteiger partial charge < -0.3 is 4.74 Å². The molecule has 0 aliphatic carbocycles. The first-order valence-corrected chi connectivity index (χ1v) is 6.40. The predicted octanol–water partition coefficient (Wildman–Crippen LogP) is 2.55. The highest BCUT2D eigenvalue weighted by Crippen LogP contribution is 2.23. The van der Waals surface area contributed by atoms with Gasteiger partial charge in [-0.2, -0.15) is 0 Å². The van der Waals surface area contributed by atoms with Gasteiger partial charge in [0.1, 0.15) is 0 Å². The lowest BCUT2D eigenvalue weighted by Crippen LogP contribution is -2.31. The molecule has 1 heterocycles. The standard InChI is InChI=1S/C12H20BrN3O/c1-12(2,17-3)7-6-11(16-14)10-5-4-9(13)8-15-10/h4-5,8,11,16H,6-7,14H2,1-3H3. The molecule has 1 atom stereocenters. The molecule has 0 fully saturated rings. The molecule has 1 unspecified atom stereocenters. The molecule has 0 aliphatic rings. The molecule has 0 saturated carbocycles. The summed E-state index contributed by atoms with van der Waals surface area (Å²) in [6, 6.07) is 3.99. The molecule has 1 rings (SSSR count). The van der Waals surface area contributed by atoms with Crippen LogP contribution in [0.1, 0.15) is 38.4 Å². The van der Waals surface area contributed by atoms with E-state index >= 15 is 0 Å². The van der Waals surface area contributed by atoms with Gasteiger partial charge in [0, 0.05) is 17.8 Å². The molecule has 0 bridgehead atoms. The third-order valence-corrected chi connectivity index (χ3v) is 3.37. The van der Waals surface area contributed by atoms with E-state index in [-0.39, 0.29) is 11.6 Å². The van der Waals surface area contributed by atoms with Crippen LogP contribution in [0.15, 0.2) is 22.8 Å². The molecule has 0 aromatic carbocycles. The number of ether oxygens (including phenoxy) is 1. The minimum Gasteiger partial charge on any atom is -0.379 e. The second-order valence-corrected chi connectivity index (χ2v) is 5.54. The lowest BCUT2D eigenvalue weighted by atomic mass is 9.97. The van der Waals surface area contributed by atoms with E-state index in [0.29, 0.717) is 0 Å². The summed E-state index contributed by atoms with van der Waals surface area (Å²) in [4.78, 5) is 4.35. The van der Waals surface area contributed by atoms with Gasteiger partial charge in [0.15, 0.2) is 0 Å². The summed E-state index contributed by atoms with van der Waals surface area (Å²) in [5, 5.41) is 0.